The molecule has 0 fully saturated rings. The molecule has 2 N–H and O–H groups in total. The SMILES string of the molecule is CCCCCCOc1ccc(C(=O)NC(=S)Nc2nnc(CC)s2)cc1Br. The van der Waals surface area contributed by atoms with Crippen LogP contribution in [0, 0.1) is 0 Å². The van der Waals surface area contributed by atoms with Crippen molar-refractivity contribution in [2.24, 2.45) is 0 Å². The van der Waals surface area contributed by atoms with Crippen LogP contribution >= 0.6 is 39.5 Å². The zero-order valence-corrected chi connectivity index (χ0v) is 18.6. The number of nitrogens with one attached hydrogen (secondary N) is 2. The molecule has 1 aromatic carbocycles. The van der Waals surface area contributed by atoms with Gasteiger partial charge in [0.15, 0.2) is 5.11 Å². The van der Waals surface area contributed by atoms with E-state index in [1.165, 1.54) is 24.2 Å². The lowest BCUT2D eigenvalue weighted by Crippen LogP contribution is -2.34. The number of carbonyl (C=O) groups is 1. The predicted molar refractivity (Wildman–Crippen MR) is 117 cm³/mol. The zero-order valence-electron chi connectivity index (χ0n) is 15.4. The molecule has 27 heavy (non-hydrogen) atoms. The molecular formula is C18H23BrN4O2S2. The molecule has 0 saturated heterocycles. The van der Waals surface area contributed by atoms with E-state index in [9.17, 15) is 4.79 Å². The van der Waals surface area contributed by atoms with Gasteiger partial charge in [-0.3, -0.25) is 10.1 Å². The van der Waals surface area contributed by atoms with E-state index in [-0.39, 0.29) is 11.0 Å². The summed E-state index contributed by atoms with van der Waals surface area (Å²) in [6.07, 6.45) is 5.40. The molecule has 0 aliphatic rings. The van der Waals surface area contributed by atoms with Gasteiger partial charge >= 0.3 is 0 Å². The number of carbonyl (C=O) groups excluding carboxylic acids is 1. The fourth-order valence-electron chi connectivity index (χ4n) is 2.22. The van der Waals surface area contributed by atoms with Crippen LogP contribution in [0.4, 0.5) is 5.13 Å². The highest BCUT2D eigenvalue weighted by atomic mass is 79.9. The van der Waals surface area contributed by atoms with Gasteiger partial charge in [0.1, 0.15) is 10.8 Å². The van der Waals surface area contributed by atoms with Gasteiger partial charge < -0.3 is 10.1 Å². The number of hydrogen-bond acceptors (Lipinski definition) is 6. The van der Waals surface area contributed by atoms with Gasteiger partial charge in [0.05, 0.1) is 11.1 Å². The third-order valence-electron chi connectivity index (χ3n) is 3.67. The first-order valence-electron chi connectivity index (χ1n) is 8.90. The number of anilines is 1. The molecule has 0 saturated carbocycles. The number of amides is 1. The number of unbranched alkanes of at least 4 members (excludes halogenated alkanes) is 3. The fourth-order valence-corrected chi connectivity index (χ4v) is 3.65. The summed E-state index contributed by atoms with van der Waals surface area (Å²) in [5.74, 6) is 0.424. The van der Waals surface area contributed by atoms with Crippen molar-refractivity contribution in [2.45, 2.75) is 46.0 Å². The summed E-state index contributed by atoms with van der Waals surface area (Å²) >= 11 is 10.0. The average molecular weight is 471 g/mol. The van der Waals surface area contributed by atoms with Crippen LogP contribution in [0.2, 0.25) is 0 Å². The van der Waals surface area contributed by atoms with Crippen molar-refractivity contribution in [2.75, 3.05) is 11.9 Å². The van der Waals surface area contributed by atoms with Crippen LogP contribution in [0.3, 0.4) is 0 Å². The number of rotatable bonds is 9. The monoisotopic (exact) mass is 470 g/mol. The molecule has 0 bridgehead atoms. The summed E-state index contributed by atoms with van der Waals surface area (Å²) in [6, 6.07) is 5.22. The van der Waals surface area contributed by atoms with Crippen LogP contribution in [0.1, 0.15) is 54.9 Å². The third kappa shape index (κ3) is 7.15. The van der Waals surface area contributed by atoms with E-state index < -0.39 is 0 Å². The van der Waals surface area contributed by atoms with Gasteiger partial charge in [-0.05, 0) is 59.2 Å². The lowest BCUT2D eigenvalue weighted by atomic mass is 10.2. The quantitative estimate of drug-likeness (QED) is 0.398. The summed E-state index contributed by atoms with van der Waals surface area (Å²) < 4.78 is 6.50. The first kappa shape index (κ1) is 21.7. The van der Waals surface area contributed by atoms with Gasteiger partial charge in [-0.15, -0.1) is 10.2 Å². The maximum atomic E-state index is 12.4. The summed E-state index contributed by atoms with van der Waals surface area (Å²) in [7, 11) is 0. The lowest BCUT2D eigenvalue weighted by molar-refractivity contribution is 0.0977. The standard InChI is InChI=1S/C18H23BrN4O2S2/c1-3-5-6-7-10-25-14-9-8-12(11-13(14)19)16(24)20-17(26)21-18-23-22-15(4-2)27-18/h8-9,11H,3-7,10H2,1-2H3,(H2,20,21,23,24,26). The zero-order chi connectivity index (χ0) is 19.6. The van der Waals surface area contributed by atoms with Crippen LogP contribution < -0.4 is 15.4 Å². The van der Waals surface area contributed by atoms with Crippen LogP contribution in [0.25, 0.3) is 0 Å². The Bertz CT molecular complexity index is 782. The number of aromatic nitrogens is 2. The molecule has 1 aromatic heterocycles. The number of thiocarbonyl (C=S) groups is 1. The van der Waals surface area contributed by atoms with Crippen molar-refractivity contribution < 1.29 is 9.53 Å². The molecule has 9 heteroatoms. The highest BCUT2D eigenvalue weighted by Crippen LogP contribution is 2.26. The molecule has 1 amide bonds. The van der Waals surface area contributed by atoms with Crippen molar-refractivity contribution >= 4 is 55.6 Å². The molecule has 2 aromatic rings. The van der Waals surface area contributed by atoms with Gasteiger partial charge in [-0.25, -0.2) is 0 Å². The maximum Gasteiger partial charge on any atom is 0.257 e. The highest BCUT2D eigenvalue weighted by Gasteiger charge is 2.12. The van der Waals surface area contributed by atoms with E-state index in [0.29, 0.717) is 17.3 Å². The van der Waals surface area contributed by atoms with E-state index >= 15 is 0 Å². The molecular weight excluding hydrogens is 448 g/mol. The van der Waals surface area contributed by atoms with E-state index in [1.54, 1.807) is 18.2 Å². The Morgan fingerprint density at radius 2 is 2.07 bits per heavy atom. The van der Waals surface area contributed by atoms with Gasteiger partial charge in [-0.2, -0.15) is 0 Å². The molecule has 0 unspecified atom stereocenters. The van der Waals surface area contributed by atoms with Crippen molar-refractivity contribution in [1.82, 2.24) is 15.5 Å². The summed E-state index contributed by atoms with van der Waals surface area (Å²) in [5, 5.41) is 15.1. The maximum absolute atomic E-state index is 12.4. The fraction of sp³-hybridized carbons (Fsp3) is 0.444. The first-order valence-corrected chi connectivity index (χ1v) is 10.9. The van der Waals surface area contributed by atoms with Crippen molar-refractivity contribution in [1.29, 1.82) is 0 Å². The van der Waals surface area contributed by atoms with Crippen molar-refractivity contribution in [3.05, 3.63) is 33.2 Å². The second-order valence-electron chi connectivity index (χ2n) is 5.82. The molecule has 0 aliphatic heterocycles. The number of ether oxygens (including phenoxy) is 1. The van der Waals surface area contributed by atoms with Crippen molar-refractivity contribution in [3.8, 4) is 5.75 Å². The third-order valence-corrected chi connectivity index (χ3v) is 5.47. The lowest BCUT2D eigenvalue weighted by Gasteiger charge is -2.10. The summed E-state index contributed by atoms with van der Waals surface area (Å²) in [5.41, 5.74) is 0.482. The Labute approximate surface area is 177 Å². The smallest absolute Gasteiger partial charge is 0.257 e. The summed E-state index contributed by atoms with van der Waals surface area (Å²) in [6.45, 7) is 4.85. The Morgan fingerprint density at radius 3 is 2.74 bits per heavy atom. The normalized spacial score (nSPS) is 10.5. The van der Waals surface area contributed by atoms with Crippen LogP contribution in [-0.4, -0.2) is 27.8 Å². The van der Waals surface area contributed by atoms with Crippen molar-refractivity contribution in [3.63, 3.8) is 0 Å². The second-order valence-corrected chi connectivity index (χ2v) is 8.14. The van der Waals surface area contributed by atoms with Gasteiger partial charge in [0.25, 0.3) is 5.91 Å². The van der Waals surface area contributed by atoms with Gasteiger partial charge in [-0.1, -0.05) is 44.4 Å². The number of benzene rings is 1. The molecule has 0 radical (unpaired) electrons. The number of halogens is 1. The molecule has 2 rings (SSSR count). The summed E-state index contributed by atoms with van der Waals surface area (Å²) in [4.78, 5) is 12.4. The minimum Gasteiger partial charge on any atom is -0.492 e. The Kier molecular flexibility index (Phi) is 9.09. The van der Waals surface area contributed by atoms with E-state index in [0.717, 1.165) is 34.5 Å². The Hall–Kier alpha value is -1.58. The molecule has 0 spiro atoms. The molecule has 146 valence electrons. The van der Waals surface area contributed by atoms with Crippen LogP contribution in [0.5, 0.6) is 5.75 Å². The van der Waals surface area contributed by atoms with Crippen LogP contribution in [-0.2, 0) is 6.42 Å². The number of hydrogen-bond donors (Lipinski definition) is 2. The molecule has 0 aliphatic carbocycles. The van der Waals surface area contributed by atoms with E-state index in [2.05, 4.69) is 43.7 Å². The van der Waals surface area contributed by atoms with Gasteiger partial charge in [0, 0.05) is 5.56 Å². The minimum absolute atomic E-state index is 0.186. The van der Waals surface area contributed by atoms with E-state index in [1.807, 2.05) is 6.92 Å². The molecule has 1 heterocycles. The topological polar surface area (TPSA) is 76.1 Å². The largest absolute Gasteiger partial charge is 0.492 e. The number of aryl methyl sites for hydroxylation is 1. The molecule has 0 atom stereocenters. The number of nitrogens with zero attached hydrogens (tertiary/aromatic N) is 2. The Balaban J connectivity index is 1.86. The molecule has 6 nitrogen and oxygen atoms in total. The first-order chi connectivity index (χ1) is 13.0. The van der Waals surface area contributed by atoms with Gasteiger partial charge in [0.2, 0.25) is 5.13 Å². The second kappa shape index (κ2) is 11.3. The predicted octanol–water partition coefficient (Wildman–Crippen LogP) is 4.95. The van der Waals surface area contributed by atoms with E-state index in [4.69, 9.17) is 17.0 Å². The highest BCUT2D eigenvalue weighted by molar-refractivity contribution is 9.10. The minimum atomic E-state index is -0.303. The Morgan fingerprint density at radius 1 is 1.26 bits per heavy atom. The van der Waals surface area contributed by atoms with Crippen LogP contribution in [0.15, 0.2) is 22.7 Å². The average Bonchev–Trinajstić information content (AvgIpc) is 3.10.